The highest BCUT2D eigenvalue weighted by molar-refractivity contribution is 5.07. The molecule has 0 unspecified atom stereocenters. The van der Waals surface area contributed by atoms with Crippen molar-refractivity contribution in [2.45, 2.75) is 13.5 Å². The molecule has 0 amide bonds. The lowest BCUT2D eigenvalue weighted by Crippen LogP contribution is -2.28. The molecule has 3 nitrogen and oxygen atoms in total. The molecule has 0 bridgehead atoms. The Hall–Kier alpha value is -0.800. The summed E-state index contributed by atoms with van der Waals surface area (Å²) in [5.74, 6) is 0. The average Bonchev–Trinajstić information content (AvgIpc) is 2.64. The van der Waals surface area contributed by atoms with Crippen LogP contribution in [0.2, 0.25) is 0 Å². The average molecular weight is 181 g/mol. The van der Waals surface area contributed by atoms with E-state index in [1.807, 2.05) is 12.4 Å². The molecule has 13 heavy (non-hydrogen) atoms. The topological polar surface area (TPSA) is 31.1 Å². The van der Waals surface area contributed by atoms with Gasteiger partial charge in [-0.1, -0.05) is 6.92 Å². The number of aromatic nitrogens is 1. The summed E-state index contributed by atoms with van der Waals surface area (Å²) in [6, 6.07) is 2.09. The zero-order valence-corrected chi connectivity index (χ0v) is 8.51. The van der Waals surface area contributed by atoms with Gasteiger partial charge in [-0.15, -0.1) is 0 Å². The van der Waals surface area contributed by atoms with Gasteiger partial charge in [0.1, 0.15) is 0 Å². The summed E-state index contributed by atoms with van der Waals surface area (Å²) in [4.78, 5) is 5.34. The van der Waals surface area contributed by atoms with E-state index in [1.54, 1.807) is 0 Å². The van der Waals surface area contributed by atoms with Gasteiger partial charge in [0.05, 0.1) is 0 Å². The molecule has 0 spiro atoms. The van der Waals surface area contributed by atoms with E-state index in [-0.39, 0.29) is 0 Å². The summed E-state index contributed by atoms with van der Waals surface area (Å²) in [6.45, 7) is 6.41. The Kier molecular flexibility index (Phi) is 4.57. The van der Waals surface area contributed by atoms with E-state index < -0.39 is 0 Å². The van der Waals surface area contributed by atoms with Gasteiger partial charge < -0.3 is 15.2 Å². The quantitative estimate of drug-likeness (QED) is 0.643. The molecular formula is C10H19N3. The maximum atomic E-state index is 3.39. The van der Waals surface area contributed by atoms with E-state index in [2.05, 4.69) is 35.2 Å². The molecular weight excluding hydrogens is 162 g/mol. The maximum absolute atomic E-state index is 3.39. The van der Waals surface area contributed by atoms with E-state index in [0.29, 0.717) is 0 Å². The number of likely N-dealkylation sites (N-methyl/N-ethyl adjacent to an activating group) is 1. The molecule has 2 N–H and O–H groups in total. The first-order chi connectivity index (χ1) is 6.33. The molecule has 1 rings (SSSR count). The van der Waals surface area contributed by atoms with Crippen molar-refractivity contribution in [2.24, 2.45) is 0 Å². The van der Waals surface area contributed by atoms with Gasteiger partial charge >= 0.3 is 0 Å². The van der Waals surface area contributed by atoms with Gasteiger partial charge in [-0.3, -0.25) is 0 Å². The Morgan fingerprint density at radius 2 is 2.38 bits per heavy atom. The highest BCUT2D eigenvalue weighted by Gasteiger charge is 1.94. The van der Waals surface area contributed by atoms with Gasteiger partial charge in [-0.25, -0.2) is 0 Å². The van der Waals surface area contributed by atoms with Crippen LogP contribution >= 0.6 is 0 Å². The summed E-state index contributed by atoms with van der Waals surface area (Å²) in [5.41, 5.74) is 1.32. The lowest BCUT2D eigenvalue weighted by Gasteiger charge is -2.13. The third-order valence-corrected chi connectivity index (χ3v) is 2.20. The van der Waals surface area contributed by atoms with E-state index in [4.69, 9.17) is 0 Å². The standard InChI is InChI=1S/C10H19N3/c1-3-13(2)7-6-12-9-10-4-5-11-8-10/h4-5,8,11-12H,3,6-7,9H2,1-2H3. The Labute approximate surface area is 80.1 Å². The van der Waals surface area contributed by atoms with Crippen LogP contribution < -0.4 is 5.32 Å². The van der Waals surface area contributed by atoms with Crippen molar-refractivity contribution in [3.05, 3.63) is 24.0 Å². The Balaban J connectivity index is 2.02. The zero-order valence-electron chi connectivity index (χ0n) is 8.51. The molecule has 0 fully saturated rings. The van der Waals surface area contributed by atoms with Gasteiger partial charge in [-0.05, 0) is 25.2 Å². The van der Waals surface area contributed by atoms with Gasteiger partial charge in [0.2, 0.25) is 0 Å². The van der Waals surface area contributed by atoms with Crippen LogP contribution in [0.5, 0.6) is 0 Å². The van der Waals surface area contributed by atoms with Crippen molar-refractivity contribution in [3.63, 3.8) is 0 Å². The van der Waals surface area contributed by atoms with Crippen molar-refractivity contribution in [1.82, 2.24) is 15.2 Å². The predicted octanol–water partition coefficient (Wildman–Crippen LogP) is 1.06. The van der Waals surface area contributed by atoms with Crippen LogP contribution in [0.3, 0.4) is 0 Å². The molecule has 1 heterocycles. The van der Waals surface area contributed by atoms with E-state index in [0.717, 1.165) is 26.2 Å². The van der Waals surface area contributed by atoms with Crippen molar-refractivity contribution in [3.8, 4) is 0 Å². The molecule has 74 valence electrons. The van der Waals surface area contributed by atoms with E-state index >= 15 is 0 Å². The predicted molar refractivity (Wildman–Crippen MR) is 55.7 cm³/mol. The number of hydrogen-bond donors (Lipinski definition) is 2. The molecule has 0 saturated heterocycles. The van der Waals surface area contributed by atoms with Crippen LogP contribution in [0.25, 0.3) is 0 Å². The fraction of sp³-hybridized carbons (Fsp3) is 0.600. The molecule has 1 aromatic heterocycles. The molecule has 3 heteroatoms. The van der Waals surface area contributed by atoms with Crippen molar-refractivity contribution in [2.75, 3.05) is 26.7 Å². The lowest BCUT2D eigenvalue weighted by molar-refractivity contribution is 0.349. The highest BCUT2D eigenvalue weighted by atomic mass is 15.1. The molecule has 0 saturated carbocycles. The minimum atomic E-state index is 0.959. The number of aromatic amines is 1. The Bertz CT molecular complexity index is 206. The lowest BCUT2D eigenvalue weighted by atomic mass is 10.3. The minimum absolute atomic E-state index is 0.959. The number of nitrogens with zero attached hydrogens (tertiary/aromatic N) is 1. The summed E-state index contributed by atoms with van der Waals surface area (Å²) < 4.78 is 0. The summed E-state index contributed by atoms with van der Waals surface area (Å²) in [7, 11) is 2.14. The van der Waals surface area contributed by atoms with Gasteiger partial charge in [0.25, 0.3) is 0 Å². The summed E-state index contributed by atoms with van der Waals surface area (Å²) in [6.07, 6.45) is 3.98. The van der Waals surface area contributed by atoms with Crippen molar-refractivity contribution >= 4 is 0 Å². The van der Waals surface area contributed by atoms with Gasteiger partial charge in [0, 0.05) is 32.0 Å². The van der Waals surface area contributed by atoms with E-state index in [9.17, 15) is 0 Å². The third-order valence-electron chi connectivity index (χ3n) is 2.20. The third kappa shape index (κ3) is 4.10. The van der Waals surface area contributed by atoms with Crippen molar-refractivity contribution < 1.29 is 0 Å². The fourth-order valence-electron chi connectivity index (χ4n) is 1.13. The largest absolute Gasteiger partial charge is 0.367 e. The van der Waals surface area contributed by atoms with Crippen LogP contribution in [-0.4, -0.2) is 36.6 Å². The number of H-pyrrole nitrogens is 1. The molecule has 0 aliphatic carbocycles. The number of nitrogens with one attached hydrogen (secondary N) is 2. The van der Waals surface area contributed by atoms with Crippen LogP contribution in [-0.2, 0) is 6.54 Å². The van der Waals surface area contributed by atoms with Crippen LogP contribution in [0.15, 0.2) is 18.5 Å². The van der Waals surface area contributed by atoms with Gasteiger partial charge in [0.15, 0.2) is 0 Å². The zero-order chi connectivity index (χ0) is 9.52. The molecule has 1 aromatic rings. The first-order valence-corrected chi connectivity index (χ1v) is 4.84. The smallest absolute Gasteiger partial charge is 0.0220 e. The second kappa shape index (κ2) is 5.78. The summed E-state index contributed by atoms with van der Waals surface area (Å²) >= 11 is 0. The highest BCUT2D eigenvalue weighted by Crippen LogP contribution is 1.94. The normalized spacial score (nSPS) is 11.0. The molecule has 0 atom stereocenters. The minimum Gasteiger partial charge on any atom is -0.367 e. The van der Waals surface area contributed by atoms with Crippen molar-refractivity contribution in [1.29, 1.82) is 0 Å². The van der Waals surface area contributed by atoms with Crippen LogP contribution in [0.4, 0.5) is 0 Å². The molecule has 0 aromatic carbocycles. The first kappa shape index (κ1) is 10.3. The molecule has 0 radical (unpaired) electrons. The number of hydrogen-bond acceptors (Lipinski definition) is 2. The second-order valence-corrected chi connectivity index (χ2v) is 3.29. The van der Waals surface area contributed by atoms with Crippen LogP contribution in [0, 0.1) is 0 Å². The van der Waals surface area contributed by atoms with Gasteiger partial charge in [-0.2, -0.15) is 0 Å². The monoisotopic (exact) mass is 181 g/mol. The number of rotatable bonds is 6. The maximum Gasteiger partial charge on any atom is 0.0220 e. The first-order valence-electron chi connectivity index (χ1n) is 4.84. The molecule has 0 aliphatic rings. The SMILES string of the molecule is CCN(C)CCNCc1cc[nH]c1. The Morgan fingerprint density at radius 1 is 1.54 bits per heavy atom. The molecule has 0 aliphatic heterocycles. The van der Waals surface area contributed by atoms with E-state index in [1.165, 1.54) is 5.56 Å². The fourth-order valence-corrected chi connectivity index (χ4v) is 1.13. The summed E-state index contributed by atoms with van der Waals surface area (Å²) in [5, 5.41) is 3.39. The Morgan fingerprint density at radius 3 is 3.00 bits per heavy atom. The van der Waals surface area contributed by atoms with Crippen LogP contribution in [0.1, 0.15) is 12.5 Å². The second-order valence-electron chi connectivity index (χ2n) is 3.29.